The van der Waals surface area contributed by atoms with Crippen LogP contribution in [0.2, 0.25) is 5.02 Å². The zero-order valence-corrected chi connectivity index (χ0v) is 15.3. The smallest absolute Gasteiger partial charge is 0.220 e. The van der Waals surface area contributed by atoms with Crippen LogP contribution in [0.5, 0.6) is 5.75 Å². The van der Waals surface area contributed by atoms with Crippen LogP contribution in [0.15, 0.2) is 46.9 Å². The van der Waals surface area contributed by atoms with E-state index in [0.29, 0.717) is 30.2 Å². The topological polar surface area (TPSA) is 38.3 Å². The SMILES string of the molecule is COc1ccc(CCC(=O)NCCc2ccccc2Br)cc1Cl. The number of ether oxygens (including phenoxy) is 1. The summed E-state index contributed by atoms with van der Waals surface area (Å²) in [4.78, 5) is 11.9. The molecule has 5 heteroatoms. The molecule has 122 valence electrons. The van der Waals surface area contributed by atoms with Gasteiger partial charge in [0.25, 0.3) is 0 Å². The van der Waals surface area contributed by atoms with E-state index in [9.17, 15) is 4.79 Å². The molecule has 2 aromatic carbocycles. The molecule has 0 saturated carbocycles. The van der Waals surface area contributed by atoms with Gasteiger partial charge in [0.1, 0.15) is 5.75 Å². The Labute approximate surface area is 150 Å². The first-order chi connectivity index (χ1) is 11.1. The zero-order chi connectivity index (χ0) is 16.7. The Morgan fingerprint density at radius 2 is 2.00 bits per heavy atom. The Bertz CT molecular complexity index is 676. The van der Waals surface area contributed by atoms with Gasteiger partial charge in [0.05, 0.1) is 12.1 Å². The van der Waals surface area contributed by atoms with E-state index >= 15 is 0 Å². The van der Waals surface area contributed by atoms with Crippen LogP contribution in [0.4, 0.5) is 0 Å². The van der Waals surface area contributed by atoms with E-state index in [1.165, 1.54) is 5.56 Å². The van der Waals surface area contributed by atoms with Gasteiger partial charge >= 0.3 is 0 Å². The minimum absolute atomic E-state index is 0.0454. The first-order valence-corrected chi connectivity index (χ1v) is 8.60. The average Bonchev–Trinajstić information content (AvgIpc) is 2.55. The Morgan fingerprint density at radius 3 is 2.70 bits per heavy atom. The molecule has 1 amide bonds. The van der Waals surface area contributed by atoms with Crippen molar-refractivity contribution >= 4 is 33.4 Å². The Morgan fingerprint density at radius 1 is 1.22 bits per heavy atom. The van der Waals surface area contributed by atoms with Gasteiger partial charge in [-0.15, -0.1) is 0 Å². The van der Waals surface area contributed by atoms with Crippen molar-refractivity contribution in [3.05, 3.63) is 63.1 Å². The number of aryl methyl sites for hydroxylation is 1. The molecule has 0 bridgehead atoms. The summed E-state index contributed by atoms with van der Waals surface area (Å²) in [7, 11) is 1.58. The molecule has 0 aromatic heterocycles. The average molecular weight is 397 g/mol. The fourth-order valence-corrected chi connectivity index (χ4v) is 3.01. The van der Waals surface area contributed by atoms with E-state index in [4.69, 9.17) is 16.3 Å². The number of benzene rings is 2. The number of carbonyl (C=O) groups excluding carboxylic acids is 1. The molecule has 23 heavy (non-hydrogen) atoms. The van der Waals surface area contributed by atoms with Crippen molar-refractivity contribution in [2.24, 2.45) is 0 Å². The molecule has 2 aromatic rings. The molecule has 0 aliphatic rings. The molecule has 0 saturated heterocycles. The number of carbonyl (C=O) groups is 1. The number of hydrogen-bond acceptors (Lipinski definition) is 2. The lowest BCUT2D eigenvalue weighted by Gasteiger charge is -2.08. The highest BCUT2D eigenvalue weighted by molar-refractivity contribution is 9.10. The number of hydrogen-bond donors (Lipinski definition) is 1. The first-order valence-electron chi connectivity index (χ1n) is 7.42. The Balaban J connectivity index is 1.75. The molecule has 0 fully saturated rings. The molecule has 0 spiro atoms. The summed E-state index contributed by atoms with van der Waals surface area (Å²) in [5.41, 5.74) is 2.21. The number of amides is 1. The normalized spacial score (nSPS) is 10.4. The second-order valence-electron chi connectivity index (χ2n) is 5.16. The van der Waals surface area contributed by atoms with E-state index in [2.05, 4.69) is 27.3 Å². The molecule has 0 unspecified atom stereocenters. The molecule has 3 nitrogen and oxygen atoms in total. The second-order valence-corrected chi connectivity index (χ2v) is 6.42. The minimum Gasteiger partial charge on any atom is -0.495 e. The van der Waals surface area contributed by atoms with Gasteiger partial charge in [-0.2, -0.15) is 0 Å². The largest absolute Gasteiger partial charge is 0.495 e. The fraction of sp³-hybridized carbons (Fsp3) is 0.278. The lowest BCUT2D eigenvalue weighted by molar-refractivity contribution is -0.121. The number of rotatable bonds is 7. The quantitative estimate of drug-likeness (QED) is 0.753. The van der Waals surface area contributed by atoms with Gasteiger partial charge in [0.2, 0.25) is 5.91 Å². The molecule has 2 rings (SSSR count). The molecule has 1 N–H and O–H groups in total. The summed E-state index contributed by atoms with van der Waals surface area (Å²) in [6.45, 7) is 0.630. The van der Waals surface area contributed by atoms with Crippen molar-refractivity contribution in [1.29, 1.82) is 0 Å². The van der Waals surface area contributed by atoms with Crippen LogP contribution in [0.3, 0.4) is 0 Å². The summed E-state index contributed by atoms with van der Waals surface area (Å²) in [6.07, 6.45) is 1.91. The van der Waals surface area contributed by atoms with Gasteiger partial charge in [0.15, 0.2) is 0 Å². The third-order valence-electron chi connectivity index (χ3n) is 3.53. The lowest BCUT2D eigenvalue weighted by Crippen LogP contribution is -2.25. The zero-order valence-electron chi connectivity index (χ0n) is 12.9. The van der Waals surface area contributed by atoms with Crippen molar-refractivity contribution < 1.29 is 9.53 Å². The maximum Gasteiger partial charge on any atom is 0.220 e. The van der Waals surface area contributed by atoms with Gasteiger partial charge in [0, 0.05) is 17.4 Å². The van der Waals surface area contributed by atoms with Crippen molar-refractivity contribution in [3.63, 3.8) is 0 Å². The van der Waals surface area contributed by atoms with Crippen LogP contribution in [0, 0.1) is 0 Å². The predicted octanol–water partition coefficient (Wildman–Crippen LogP) is 4.40. The number of methoxy groups -OCH3 is 1. The van der Waals surface area contributed by atoms with Crippen molar-refractivity contribution in [2.75, 3.05) is 13.7 Å². The lowest BCUT2D eigenvalue weighted by atomic mass is 10.1. The summed E-state index contributed by atoms with van der Waals surface area (Å²) < 4.78 is 6.19. The first kappa shape index (κ1) is 17.8. The predicted molar refractivity (Wildman–Crippen MR) is 97.2 cm³/mol. The second kappa shape index (κ2) is 8.94. The maximum absolute atomic E-state index is 11.9. The van der Waals surface area contributed by atoms with Crippen molar-refractivity contribution in [1.82, 2.24) is 5.32 Å². The molecular weight excluding hydrogens is 378 g/mol. The summed E-state index contributed by atoms with van der Waals surface area (Å²) in [6, 6.07) is 13.6. The molecule has 0 aliphatic heterocycles. The highest BCUT2D eigenvalue weighted by atomic mass is 79.9. The van der Waals surface area contributed by atoms with Gasteiger partial charge < -0.3 is 10.1 Å². The van der Waals surface area contributed by atoms with Crippen LogP contribution in [0.1, 0.15) is 17.5 Å². The third kappa shape index (κ3) is 5.56. The van der Waals surface area contributed by atoms with E-state index in [-0.39, 0.29) is 5.91 Å². The third-order valence-corrected chi connectivity index (χ3v) is 4.60. The molecule has 0 aliphatic carbocycles. The summed E-state index contributed by atoms with van der Waals surface area (Å²) in [5.74, 6) is 0.692. The Kier molecular flexibility index (Phi) is 6.93. The molecular formula is C18H19BrClNO2. The van der Waals surface area contributed by atoms with Gasteiger partial charge in [-0.25, -0.2) is 0 Å². The van der Waals surface area contributed by atoms with Crippen molar-refractivity contribution in [3.8, 4) is 5.75 Å². The Hall–Kier alpha value is -1.52. The molecule has 0 heterocycles. The van der Waals surface area contributed by atoms with E-state index in [0.717, 1.165) is 16.5 Å². The van der Waals surface area contributed by atoms with E-state index in [1.54, 1.807) is 7.11 Å². The van der Waals surface area contributed by atoms with Gasteiger partial charge in [-0.3, -0.25) is 4.79 Å². The molecule has 0 radical (unpaired) electrons. The summed E-state index contributed by atoms with van der Waals surface area (Å²) >= 11 is 9.59. The minimum atomic E-state index is 0.0454. The standard InChI is InChI=1S/C18H19BrClNO2/c1-23-17-8-6-13(12-16(17)20)7-9-18(22)21-11-10-14-4-2-3-5-15(14)19/h2-6,8,12H,7,9-11H2,1H3,(H,21,22). The van der Waals surface area contributed by atoms with Gasteiger partial charge in [-0.05, 0) is 42.2 Å². The van der Waals surface area contributed by atoms with Crippen LogP contribution >= 0.6 is 27.5 Å². The van der Waals surface area contributed by atoms with Gasteiger partial charge in [-0.1, -0.05) is 51.8 Å². The van der Waals surface area contributed by atoms with Crippen molar-refractivity contribution in [2.45, 2.75) is 19.3 Å². The van der Waals surface area contributed by atoms with E-state index < -0.39 is 0 Å². The number of halogens is 2. The fourth-order valence-electron chi connectivity index (χ4n) is 2.25. The monoisotopic (exact) mass is 395 g/mol. The maximum atomic E-state index is 11.9. The molecule has 0 atom stereocenters. The highest BCUT2D eigenvalue weighted by Gasteiger charge is 2.06. The van der Waals surface area contributed by atoms with E-state index in [1.807, 2.05) is 36.4 Å². The highest BCUT2D eigenvalue weighted by Crippen LogP contribution is 2.25. The van der Waals surface area contributed by atoms with Crippen LogP contribution in [-0.4, -0.2) is 19.6 Å². The summed E-state index contributed by atoms with van der Waals surface area (Å²) in [5, 5.41) is 3.52. The van der Waals surface area contributed by atoms with Crippen LogP contribution in [-0.2, 0) is 17.6 Å². The van der Waals surface area contributed by atoms with Crippen LogP contribution in [0.25, 0.3) is 0 Å². The van der Waals surface area contributed by atoms with Crippen LogP contribution < -0.4 is 10.1 Å². The number of nitrogens with one attached hydrogen (secondary N) is 1.